The van der Waals surface area contributed by atoms with Crippen LogP contribution in [0.4, 0.5) is 0 Å². The summed E-state index contributed by atoms with van der Waals surface area (Å²) < 4.78 is 0. The van der Waals surface area contributed by atoms with Crippen molar-refractivity contribution in [2.75, 3.05) is 0 Å². The molecule has 0 unspecified atom stereocenters. The summed E-state index contributed by atoms with van der Waals surface area (Å²) in [6.07, 6.45) is 7.71. The number of nitrogens with zero attached hydrogens (tertiary/aromatic N) is 4. The van der Waals surface area contributed by atoms with Crippen molar-refractivity contribution >= 4 is 24.9 Å². The highest BCUT2D eigenvalue weighted by Gasteiger charge is 1.97. The lowest BCUT2D eigenvalue weighted by Gasteiger charge is -2.01. The van der Waals surface area contributed by atoms with Crippen LogP contribution in [0.15, 0.2) is 80.2 Å². The first-order chi connectivity index (χ1) is 10.3. The molecule has 0 fully saturated rings. The van der Waals surface area contributed by atoms with Gasteiger partial charge in [0.15, 0.2) is 0 Å². The van der Waals surface area contributed by atoms with Crippen molar-refractivity contribution in [2.45, 2.75) is 27.7 Å². The summed E-state index contributed by atoms with van der Waals surface area (Å²) in [5, 5.41) is 14.7. The van der Waals surface area contributed by atoms with Gasteiger partial charge in [0.25, 0.3) is 0 Å². The molecular formula is C18H24N4. The Kier molecular flexibility index (Phi) is 8.95. The number of allylic oxidation sites excluding steroid dienone is 8. The zero-order valence-electron chi connectivity index (χ0n) is 13.9. The van der Waals surface area contributed by atoms with Crippen LogP contribution in [0.1, 0.15) is 27.7 Å². The average molecular weight is 296 g/mol. The second-order valence-electron chi connectivity index (χ2n) is 4.74. The lowest BCUT2D eigenvalue weighted by atomic mass is 10.1. The molecule has 0 heterocycles. The zero-order valence-corrected chi connectivity index (χ0v) is 13.9. The lowest BCUT2D eigenvalue weighted by molar-refractivity contribution is 1.24. The quantitative estimate of drug-likeness (QED) is 0.354. The van der Waals surface area contributed by atoms with Gasteiger partial charge < -0.3 is 0 Å². The maximum absolute atomic E-state index is 4.03. The maximum atomic E-state index is 4.03. The molecule has 0 aliphatic heterocycles. The highest BCUT2D eigenvalue weighted by Crippen LogP contribution is 2.11. The fourth-order valence-corrected chi connectivity index (χ4v) is 1.29. The van der Waals surface area contributed by atoms with Gasteiger partial charge in [-0.2, -0.15) is 20.4 Å². The molecule has 0 aromatic carbocycles. The lowest BCUT2D eigenvalue weighted by Crippen LogP contribution is -1.92. The monoisotopic (exact) mass is 296 g/mol. The summed E-state index contributed by atoms with van der Waals surface area (Å²) in [7, 11) is 0. The molecule has 4 heteroatoms. The molecule has 0 saturated heterocycles. The van der Waals surface area contributed by atoms with Crippen molar-refractivity contribution in [3.05, 3.63) is 59.8 Å². The molecule has 0 atom stereocenters. The first kappa shape index (κ1) is 19.4. The molecule has 0 spiro atoms. The van der Waals surface area contributed by atoms with Crippen LogP contribution in [0.25, 0.3) is 0 Å². The van der Waals surface area contributed by atoms with E-state index in [4.69, 9.17) is 0 Å². The molecule has 0 amide bonds. The van der Waals surface area contributed by atoms with Gasteiger partial charge in [0.2, 0.25) is 0 Å². The first-order valence-corrected chi connectivity index (χ1v) is 6.76. The van der Waals surface area contributed by atoms with Crippen LogP contribution in [-0.2, 0) is 0 Å². The Morgan fingerprint density at radius 1 is 0.682 bits per heavy atom. The van der Waals surface area contributed by atoms with Gasteiger partial charge >= 0.3 is 0 Å². The van der Waals surface area contributed by atoms with E-state index in [2.05, 4.69) is 47.0 Å². The van der Waals surface area contributed by atoms with Gasteiger partial charge in [0.05, 0.1) is 11.4 Å². The number of hydrogen-bond donors (Lipinski definition) is 0. The SMILES string of the molecule is C=N/N=C(\C)C(=C)/C=C\C(=C)/C(C)=C/C=C(C)/C(C)=N/N=C. The molecule has 0 N–H and O–H groups in total. The summed E-state index contributed by atoms with van der Waals surface area (Å²) in [4.78, 5) is 0. The van der Waals surface area contributed by atoms with Gasteiger partial charge in [-0.25, -0.2) is 0 Å². The van der Waals surface area contributed by atoms with E-state index in [-0.39, 0.29) is 0 Å². The van der Waals surface area contributed by atoms with E-state index >= 15 is 0 Å². The zero-order chi connectivity index (χ0) is 17.1. The summed E-state index contributed by atoms with van der Waals surface area (Å²) >= 11 is 0. The standard InChI is InChI=1S/C18H24N4/c1-13(9-11-15(3)17(5)21-19-7)14(2)10-12-16(4)18(6)22-20-8/h9-12H,1,3,7-8H2,2,4-6H3/b11-9-,14-10+,16-12+,21-17+,22-18+. The molecule has 4 nitrogen and oxygen atoms in total. The van der Waals surface area contributed by atoms with Crippen molar-refractivity contribution in [1.82, 2.24) is 0 Å². The highest BCUT2D eigenvalue weighted by atomic mass is 15.2. The van der Waals surface area contributed by atoms with Gasteiger partial charge in [0, 0.05) is 13.4 Å². The Bertz CT molecular complexity index is 611. The summed E-state index contributed by atoms with van der Waals surface area (Å²) in [6, 6.07) is 0. The Balaban J connectivity index is 4.98. The molecule has 0 aromatic rings. The highest BCUT2D eigenvalue weighted by molar-refractivity contribution is 6.00. The second kappa shape index (κ2) is 10.2. The van der Waals surface area contributed by atoms with Crippen LogP contribution < -0.4 is 0 Å². The molecule has 0 rings (SSSR count). The second-order valence-corrected chi connectivity index (χ2v) is 4.74. The van der Waals surface area contributed by atoms with Crippen molar-refractivity contribution in [3.63, 3.8) is 0 Å². The minimum atomic E-state index is 0.722. The third-order valence-electron chi connectivity index (χ3n) is 3.05. The fraction of sp³-hybridized carbons (Fsp3) is 0.222. The van der Waals surface area contributed by atoms with Crippen molar-refractivity contribution in [3.8, 4) is 0 Å². The Hall–Kier alpha value is -2.62. The van der Waals surface area contributed by atoms with E-state index in [1.54, 1.807) is 0 Å². The van der Waals surface area contributed by atoms with E-state index in [1.807, 2.05) is 52.0 Å². The summed E-state index contributed by atoms with van der Waals surface area (Å²) in [5.41, 5.74) is 5.28. The molecule has 0 saturated carbocycles. The van der Waals surface area contributed by atoms with Gasteiger partial charge in [-0.05, 0) is 50.0 Å². The van der Waals surface area contributed by atoms with E-state index < -0.39 is 0 Å². The molecular weight excluding hydrogens is 272 g/mol. The molecule has 0 aromatic heterocycles. The fourth-order valence-electron chi connectivity index (χ4n) is 1.29. The van der Waals surface area contributed by atoms with Crippen molar-refractivity contribution in [1.29, 1.82) is 0 Å². The van der Waals surface area contributed by atoms with Crippen molar-refractivity contribution < 1.29 is 0 Å². The first-order valence-electron chi connectivity index (χ1n) is 6.76. The largest absolute Gasteiger partial charge is 0.167 e. The summed E-state index contributed by atoms with van der Waals surface area (Å²) in [5.74, 6) is 0. The maximum Gasteiger partial charge on any atom is 0.0665 e. The van der Waals surface area contributed by atoms with Crippen LogP contribution in [0.3, 0.4) is 0 Å². The molecule has 22 heavy (non-hydrogen) atoms. The predicted molar refractivity (Wildman–Crippen MR) is 100 cm³/mol. The van der Waals surface area contributed by atoms with Gasteiger partial charge in [-0.15, -0.1) is 0 Å². The minimum absolute atomic E-state index is 0.722. The molecule has 0 aliphatic rings. The van der Waals surface area contributed by atoms with Crippen LogP contribution >= 0.6 is 0 Å². The summed E-state index contributed by atoms with van der Waals surface area (Å²) in [6.45, 7) is 22.3. The van der Waals surface area contributed by atoms with E-state index in [9.17, 15) is 0 Å². The molecule has 0 radical (unpaired) electrons. The normalized spacial score (nSPS) is 14.2. The predicted octanol–water partition coefficient (Wildman–Crippen LogP) is 4.70. The average Bonchev–Trinajstić information content (AvgIpc) is 2.49. The Morgan fingerprint density at radius 3 is 1.68 bits per heavy atom. The van der Waals surface area contributed by atoms with E-state index in [0.717, 1.165) is 33.7 Å². The third kappa shape index (κ3) is 7.24. The number of rotatable bonds is 8. The van der Waals surface area contributed by atoms with Gasteiger partial charge in [-0.1, -0.05) is 37.5 Å². The number of hydrogen-bond acceptors (Lipinski definition) is 4. The molecule has 0 aliphatic carbocycles. The van der Waals surface area contributed by atoms with Crippen LogP contribution in [0.5, 0.6) is 0 Å². The minimum Gasteiger partial charge on any atom is -0.167 e. The smallest absolute Gasteiger partial charge is 0.0665 e. The molecule has 0 bridgehead atoms. The van der Waals surface area contributed by atoms with Crippen LogP contribution in [-0.4, -0.2) is 24.9 Å². The Labute approximate surface area is 133 Å². The van der Waals surface area contributed by atoms with Crippen LogP contribution in [0.2, 0.25) is 0 Å². The van der Waals surface area contributed by atoms with Crippen LogP contribution in [0, 0.1) is 0 Å². The van der Waals surface area contributed by atoms with E-state index in [0.29, 0.717) is 0 Å². The van der Waals surface area contributed by atoms with Crippen molar-refractivity contribution in [2.24, 2.45) is 20.4 Å². The van der Waals surface area contributed by atoms with Gasteiger partial charge in [-0.3, -0.25) is 0 Å². The van der Waals surface area contributed by atoms with E-state index in [1.165, 1.54) is 0 Å². The topological polar surface area (TPSA) is 49.4 Å². The van der Waals surface area contributed by atoms with Gasteiger partial charge in [0.1, 0.15) is 0 Å². The third-order valence-corrected chi connectivity index (χ3v) is 3.05. The molecule has 116 valence electrons. The Morgan fingerprint density at radius 2 is 1.14 bits per heavy atom.